The molecule has 0 bridgehead atoms. The number of benzene rings is 2. The highest BCUT2D eigenvalue weighted by Gasteiger charge is 2.24. The van der Waals surface area contributed by atoms with E-state index in [4.69, 9.17) is 10.9 Å². The molecule has 5 N–H and O–H groups in total. The Bertz CT molecular complexity index is 1300. The summed E-state index contributed by atoms with van der Waals surface area (Å²) in [6.45, 7) is 3.36. The van der Waals surface area contributed by atoms with Crippen LogP contribution in [0, 0.1) is 23.7 Å². The van der Waals surface area contributed by atoms with E-state index in [2.05, 4.69) is 33.9 Å². The molecule has 1 saturated heterocycles. The Labute approximate surface area is 210 Å². The van der Waals surface area contributed by atoms with E-state index in [0.717, 1.165) is 11.1 Å². The molecule has 36 heavy (non-hydrogen) atoms. The van der Waals surface area contributed by atoms with Gasteiger partial charge in [-0.25, -0.2) is 13.9 Å². The Balaban J connectivity index is 1.54. The summed E-state index contributed by atoms with van der Waals surface area (Å²) in [5.74, 6) is 10.6. The van der Waals surface area contributed by atoms with Gasteiger partial charge in [-0.15, -0.1) is 0 Å². The number of hydrogen-bond acceptors (Lipinski definition) is 7. The van der Waals surface area contributed by atoms with E-state index in [1.165, 1.54) is 5.48 Å². The van der Waals surface area contributed by atoms with Gasteiger partial charge < -0.3 is 11.1 Å². The summed E-state index contributed by atoms with van der Waals surface area (Å²) in [7, 11) is -2.88. The van der Waals surface area contributed by atoms with Gasteiger partial charge in [-0.2, -0.15) is 0 Å². The van der Waals surface area contributed by atoms with Gasteiger partial charge in [-0.1, -0.05) is 24.0 Å². The van der Waals surface area contributed by atoms with Gasteiger partial charge >= 0.3 is 0 Å². The zero-order chi connectivity index (χ0) is 26.1. The predicted molar refractivity (Wildman–Crippen MR) is 135 cm³/mol. The summed E-state index contributed by atoms with van der Waals surface area (Å²) in [5, 5.41) is 11.3. The lowest BCUT2D eigenvalue weighted by atomic mass is 10.1. The van der Waals surface area contributed by atoms with Crippen LogP contribution in [0.1, 0.15) is 34.0 Å². The van der Waals surface area contributed by atoms with Crippen molar-refractivity contribution in [2.75, 3.05) is 24.6 Å². The third-order valence-corrected chi connectivity index (χ3v) is 7.23. The predicted octanol–water partition coefficient (Wildman–Crippen LogP) is 0.271. The number of nitrogens with one attached hydrogen (secondary N) is 2. The molecule has 0 spiro atoms. The van der Waals surface area contributed by atoms with Crippen LogP contribution < -0.4 is 16.5 Å². The van der Waals surface area contributed by atoms with E-state index in [9.17, 15) is 18.0 Å². The summed E-state index contributed by atoms with van der Waals surface area (Å²) in [6.07, 6.45) is 0. The molecule has 1 aliphatic rings. The maximum atomic E-state index is 12.4. The number of amides is 2. The molecule has 0 radical (unpaired) electrons. The van der Waals surface area contributed by atoms with Crippen molar-refractivity contribution in [2.45, 2.75) is 25.6 Å². The van der Waals surface area contributed by atoms with Crippen molar-refractivity contribution < 1.29 is 23.2 Å². The second kappa shape index (κ2) is 12.3. The molecule has 2 aromatic rings. The molecule has 0 saturated carbocycles. The number of carbonyl (C=O) groups is 2. The van der Waals surface area contributed by atoms with Crippen LogP contribution in [0.15, 0.2) is 48.5 Å². The normalized spacial score (nSPS) is 16.3. The van der Waals surface area contributed by atoms with Crippen molar-refractivity contribution >= 4 is 21.7 Å². The fraction of sp³-hybridized carbons (Fsp3) is 0.308. The van der Waals surface area contributed by atoms with E-state index in [0.29, 0.717) is 30.8 Å². The molecule has 188 valence electrons. The zero-order valence-corrected chi connectivity index (χ0v) is 20.6. The van der Waals surface area contributed by atoms with E-state index >= 15 is 0 Å². The van der Waals surface area contributed by atoms with Crippen LogP contribution in [0.5, 0.6) is 0 Å². The highest BCUT2D eigenvalue weighted by Crippen LogP contribution is 2.11. The van der Waals surface area contributed by atoms with Crippen molar-refractivity contribution in [1.29, 1.82) is 0 Å². The molecule has 2 aromatic carbocycles. The molecule has 9 nitrogen and oxygen atoms in total. The van der Waals surface area contributed by atoms with Crippen molar-refractivity contribution in [3.05, 3.63) is 70.8 Å². The molecule has 1 aliphatic heterocycles. The maximum absolute atomic E-state index is 12.4. The molecule has 2 amide bonds. The van der Waals surface area contributed by atoms with Gasteiger partial charge in [-0.3, -0.25) is 19.7 Å². The fourth-order valence-electron chi connectivity index (χ4n) is 3.50. The number of nitrogens with two attached hydrogens (primary N) is 1. The van der Waals surface area contributed by atoms with E-state index < -0.39 is 33.7 Å². The number of carbonyl (C=O) groups excluding carboxylic acids is 2. The third kappa shape index (κ3) is 7.94. The minimum atomic E-state index is -2.88. The van der Waals surface area contributed by atoms with Crippen LogP contribution in [0.25, 0.3) is 0 Å². The summed E-state index contributed by atoms with van der Waals surface area (Å²) in [6, 6.07) is 12.5. The lowest BCUT2D eigenvalue weighted by Crippen LogP contribution is -2.54. The molecule has 1 fully saturated rings. The van der Waals surface area contributed by atoms with Gasteiger partial charge in [0, 0.05) is 42.4 Å². The Morgan fingerprint density at radius 3 is 2.03 bits per heavy atom. The Morgan fingerprint density at radius 2 is 1.53 bits per heavy atom. The Morgan fingerprint density at radius 1 is 1.00 bits per heavy atom. The minimum absolute atomic E-state index is 0.211. The van der Waals surface area contributed by atoms with Crippen LogP contribution in [0.3, 0.4) is 0 Å². The zero-order valence-electron chi connectivity index (χ0n) is 19.8. The first kappa shape index (κ1) is 26.9. The first-order valence-electron chi connectivity index (χ1n) is 11.3. The summed E-state index contributed by atoms with van der Waals surface area (Å²) < 4.78 is 23.1. The second-order valence-corrected chi connectivity index (χ2v) is 10.8. The lowest BCUT2D eigenvalue weighted by Gasteiger charge is -2.26. The molecule has 0 aliphatic carbocycles. The molecule has 10 heteroatoms. The molecule has 1 heterocycles. The van der Waals surface area contributed by atoms with E-state index in [-0.39, 0.29) is 11.5 Å². The Hall–Kier alpha value is -3.67. The van der Waals surface area contributed by atoms with Crippen LogP contribution in [-0.4, -0.2) is 67.0 Å². The van der Waals surface area contributed by atoms with Crippen molar-refractivity contribution in [3.8, 4) is 23.7 Å². The second-order valence-electron chi connectivity index (χ2n) is 8.49. The first-order chi connectivity index (χ1) is 17.2. The number of nitrogens with zero attached hydrogens (tertiary/aromatic N) is 1. The maximum Gasteiger partial charge on any atom is 0.267 e. The highest BCUT2D eigenvalue weighted by atomic mass is 32.2. The Kier molecular flexibility index (Phi) is 9.23. The third-order valence-electron chi connectivity index (χ3n) is 5.63. The van der Waals surface area contributed by atoms with Crippen LogP contribution in [-0.2, 0) is 21.2 Å². The average Bonchev–Trinajstić information content (AvgIpc) is 2.87. The SMILES string of the molecule is C[C@@H](N)[C@H](NC(=O)c1ccc(C#CC#Cc2ccc(CN3CCS(=O)(=O)CC3)cc2)cc1)C(=O)NO. The van der Waals surface area contributed by atoms with Gasteiger partial charge in [0.1, 0.15) is 6.04 Å². The number of rotatable bonds is 6. The molecule has 2 atom stereocenters. The van der Waals surface area contributed by atoms with Crippen molar-refractivity contribution in [2.24, 2.45) is 5.73 Å². The van der Waals surface area contributed by atoms with Crippen LogP contribution in [0.2, 0.25) is 0 Å². The molecule has 3 rings (SSSR count). The number of sulfone groups is 1. The lowest BCUT2D eigenvalue weighted by molar-refractivity contribution is -0.131. The fourth-order valence-corrected chi connectivity index (χ4v) is 4.78. The number of hydroxylamine groups is 1. The molecule has 0 unspecified atom stereocenters. The summed E-state index contributed by atoms with van der Waals surface area (Å²) >= 11 is 0. The smallest absolute Gasteiger partial charge is 0.267 e. The summed E-state index contributed by atoms with van der Waals surface area (Å²) in [4.78, 5) is 26.1. The molecular formula is C26H28N4O5S. The number of hydrogen-bond donors (Lipinski definition) is 4. The van der Waals surface area contributed by atoms with Gasteiger partial charge in [0.05, 0.1) is 11.5 Å². The molecule has 0 aromatic heterocycles. The van der Waals surface area contributed by atoms with Gasteiger partial charge in [0.25, 0.3) is 11.8 Å². The largest absolute Gasteiger partial charge is 0.339 e. The highest BCUT2D eigenvalue weighted by molar-refractivity contribution is 7.91. The van der Waals surface area contributed by atoms with E-state index in [1.54, 1.807) is 31.2 Å². The van der Waals surface area contributed by atoms with Crippen LogP contribution >= 0.6 is 0 Å². The summed E-state index contributed by atoms with van der Waals surface area (Å²) in [5.41, 5.74) is 10.1. The quantitative estimate of drug-likeness (QED) is 0.249. The standard InChI is InChI=1S/C26H28N4O5S/c1-19(27)24(26(32)29-33)28-25(31)23-12-10-21(11-13-23)5-3-2-4-20-6-8-22(9-7-20)18-30-14-16-36(34,35)17-15-30/h6-13,19,24,33H,14-18,27H2,1H3,(H,28,31)(H,29,32)/t19-,24+/m1/s1. The van der Waals surface area contributed by atoms with E-state index in [1.807, 2.05) is 24.3 Å². The van der Waals surface area contributed by atoms with Gasteiger partial charge in [-0.05, 0) is 60.7 Å². The minimum Gasteiger partial charge on any atom is -0.339 e. The molecular weight excluding hydrogens is 480 g/mol. The monoisotopic (exact) mass is 508 g/mol. The van der Waals surface area contributed by atoms with Crippen molar-refractivity contribution in [3.63, 3.8) is 0 Å². The topological polar surface area (TPSA) is 142 Å². The van der Waals surface area contributed by atoms with Crippen LogP contribution in [0.4, 0.5) is 0 Å². The van der Waals surface area contributed by atoms with Gasteiger partial charge in [0.15, 0.2) is 9.84 Å². The van der Waals surface area contributed by atoms with Gasteiger partial charge in [0.2, 0.25) is 0 Å². The van der Waals surface area contributed by atoms with Crippen molar-refractivity contribution in [1.82, 2.24) is 15.7 Å². The first-order valence-corrected chi connectivity index (χ1v) is 13.1. The average molecular weight is 509 g/mol.